The molecular formula is C15H18N2OS. The van der Waals surface area contributed by atoms with E-state index in [1.807, 2.05) is 12.1 Å². The minimum absolute atomic E-state index is 0.447. The van der Waals surface area contributed by atoms with E-state index in [2.05, 4.69) is 34.7 Å². The number of benzene rings is 1. The SMILES string of the molecule is CCCOc1cccc2c1[nH]c(=S)n2C1CC=CC1. The highest BCUT2D eigenvalue weighted by Crippen LogP contribution is 2.31. The fourth-order valence-corrected chi connectivity index (χ4v) is 2.98. The molecule has 19 heavy (non-hydrogen) atoms. The molecule has 1 aliphatic rings. The van der Waals surface area contributed by atoms with Gasteiger partial charge in [-0.15, -0.1) is 0 Å². The van der Waals surface area contributed by atoms with E-state index < -0.39 is 0 Å². The predicted octanol–water partition coefficient (Wildman–Crippen LogP) is 4.38. The van der Waals surface area contributed by atoms with Crippen molar-refractivity contribution >= 4 is 23.3 Å². The molecule has 0 spiro atoms. The number of imidazole rings is 1. The van der Waals surface area contributed by atoms with E-state index in [1.54, 1.807) is 0 Å². The second-order valence-corrected chi connectivity index (χ2v) is 5.28. The Morgan fingerprint density at radius 1 is 1.37 bits per heavy atom. The molecule has 1 aromatic carbocycles. The van der Waals surface area contributed by atoms with Gasteiger partial charge >= 0.3 is 0 Å². The Morgan fingerprint density at radius 3 is 2.89 bits per heavy atom. The van der Waals surface area contributed by atoms with Crippen molar-refractivity contribution in [3.8, 4) is 5.75 Å². The fourth-order valence-electron chi connectivity index (χ4n) is 2.63. The number of ether oxygens (including phenoxy) is 1. The highest BCUT2D eigenvalue weighted by molar-refractivity contribution is 7.71. The number of aromatic amines is 1. The molecule has 0 fully saturated rings. The summed E-state index contributed by atoms with van der Waals surface area (Å²) in [6.45, 7) is 2.84. The zero-order valence-corrected chi connectivity index (χ0v) is 11.9. The van der Waals surface area contributed by atoms with Crippen LogP contribution < -0.4 is 4.74 Å². The van der Waals surface area contributed by atoms with Crippen LogP contribution in [0.2, 0.25) is 0 Å². The maximum atomic E-state index is 5.79. The molecule has 4 heteroatoms. The van der Waals surface area contributed by atoms with Crippen LogP contribution >= 0.6 is 12.2 Å². The van der Waals surface area contributed by atoms with Crippen LogP contribution in [0, 0.1) is 4.77 Å². The zero-order chi connectivity index (χ0) is 13.2. The molecule has 1 N–H and O–H groups in total. The van der Waals surface area contributed by atoms with Crippen LogP contribution in [-0.2, 0) is 0 Å². The lowest BCUT2D eigenvalue weighted by Gasteiger charge is -2.13. The van der Waals surface area contributed by atoms with E-state index in [0.717, 1.165) is 47.4 Å². The number of H-pyrrole nitrogens is 1. The first-order chi connectivity index (χ1) is 9.31. The van der Waals surface area contributed by atoms with Crippen molar-refractivity contribution in [1.82, 2.24) is 9.55 Å². The van der Waals surface area contributed by atoms with Gasteiger partial charge in [0.2, 0.25) is 0 Å². The van der Waals surface area contributed by atoms with Gasteiger partial charge in [-0.25, -0.2) is 0 Å². The average molecular weight is 274 g/mol. The van der Waals surface area contributed by atoms with Gasteiger partial charge in [0.15, 0.2) is 4.77 Å². The number of hydrogen-bond donors (Lipinski definition) is 1. The second-order valence-electron chi connectivity index (χ2n) is 4.90. The molecule has 1 aromatic heterocycles. The quantitative estimate of drug-likeness (QED) is 0.662. The summed E-state index contributed by atoms with van der Waals surface area (Å²) in [5.41, 5.74) is 2.17. The topological polar surface area (TPSA) is 29.9 Å². The minimum Gasteiger partial charge on any atom is -0.491 e. The molecule has 100 valence electrons. The first-order valence-corrected chi connectivity index (χ1v) is 7.23. The number of fused-ring (bicyclic) bond motifs is 1. The molecular weight excluding hydrogens is 256 g/mol. The molecule has 0 atom stereocenters. The minimum atomic E-state index is 0.447. The van der Waals surface area contributed by atoms with Crippen molar-refractivity contribution in [2.75, 3.05) is 6.61 Å². The maximum absolute atomic E-state index is 5.79. The maximum Gasteiger partial charge on any atom is 0.178 e. The Labute approximate surface area is 117 Å². The molecule has 0 saturated carbocycles. The van der Waals surface area contributed by atoms with Gasteiger partial charge < -0.3 is 14.3 Å². The number of rotatable bonds is 4. The van der Waals surface area contributed by atoms with Gasteiger partial charge in [0, 0.05) is 6.04 Å². The van der Waals surface area contributed by atoms with Crippen LogP contribution in [-0.4, -0.2) is 16.2 Å². The molecule has 3 rings (SSSR count). The standard InChI is InChI=1S/C15H18N2OS/c1-2-10-18-13-9-5-8-12-14(13)16-15(19)17(12)11-6-3-4-7-11/h3-5,8-9,11H,2,6-7,10H2,1H3,(H,16,19). The average Bonchev–Trinajstić information content (AvgIpc) is 3.02. The molecule has 3 nitrogen and oxygen atoms in total. The van der Waals surface area contributed by atoms with Crippen molar-refractivity contribution in [3.63, 3.8) is 0 Å². The largest absolute Gasteiger partial charge is 0.491 e. The van der Waals surface area contributed by atoms with Crippen LogP contribution in [0.3, 0.4) is 0 Å². The molecule has 0 amide bonds. The third-order valence-corrected chi connectivity index (χ3v) is 3.82. The van der Waals surface area contributed by atoms with Crippen molar-refractivity contribution in [1.29, 1.82) is 0 Å². The monoisotopic (exact) mass is 274 g/mol. The molecule has 0 saturated heterocycles. The normalized spacial score (nSPS) is 15.4. The number of aromatic nitrogens is 2. The summed E-state index contributed by atoms with van der Waals surface area (Å²) in [5, 5.41) is 0. The number of para-hydroxylation sites is 1. The lowest BCUT2D eigenvalue weighted by molar-refractivity contribution is 0.320. The Hall–Kier alpha value is -1.55. The highest BCUT2D eigenvalue weighted by atomic mass is 32.1. The van der Waals surface area contributed by atoms with Crippen molar-refractivity contribution in [3.05, 3.63) is 35.1 Å². The number of hydrogen-bond acceptors (Lipinski definition) is 2. The molecule has 1 heterocycles. The fraction of sp³-hybridized carbons (Fsp3) is 0.400. The van der Waals surface area contributed by atoms with Gasteiger partial charge in [0.1, 0.15) is 11.3 Å². The smallest absolute Gasteiger partial charge is 0.178 e. The first kappa shape index (κ1) is 12.5. The molecule has 0 aliphatic heterocycles. The summed E-state index contributed by atoms with van der Waals surface area (Å²) in [4.78, 5) is 3.31. The number of nitrogens with one attached hydrogen (secondary N) is 1. The van der Waals surface area contributed by atoms with E-state index in [0.29, 0.717) is 6.04 Å². The lowest BCUT2D eigenvalue weighted by Crippen LogP contribution is -2.04. The van der Waals surface area contributed by atoms with E-state index in [1.165, 1.54) is 0 Å². The van der Waals surface area contributed by atoms with Gasteiger partial charge in [-0.1, -0.05) is 25.1 Å². The second kappa shape index (κ2) is 5.21. The van der Waals surface area contributed by atoms with Crippen molar-refractivity contribution < 1.29 is 4.74 Å². The third kappa shape index (κ3) is 2.21. The van der Waals surface area contributed by atoms with Crippen LogP contribution in [0.4, 0.5) is 0 Å². The van der Waals surface area contributed by atoms with E-state index >= 15 is 0 Å². The van der Waals surface area contributed by atoms with Crippen LogP contribution in [0.5, 0.6) is 5.75 Å². The number of allylic oxidation sites excluding steroid dienone is 2. The van der Waals surface area contributed by atoms with Gasteiger partial charge in [0.25, 0.3) is 0 Å². The Bertz CT molecular complexity index is 660. The summed E-state index contributed by atoms with van der Waals surface area (Å²) < 4.78 is 8.81. The summed E-state index contributed by atoms with van der Waals surface area (Å²) in [6.07, 6.45) is 7.57. The Balaban J connectivity index is 2.08. The third-order valence-electron chi connectivity index (χ3n) is 3.52. The Morgan fingerprint density at radius 2 is 2.16 bits per heavy atom. The zero-order valence-electron chi connectivity index (χ0n) is 11.1. The molecule has 0 unspecified atom stereocenters. The summed E-state index contributed by atoms with van der Waals surface area (Å²) in [6, 6.07) is 6.59. The van der Waals surface area contributed by atoms with Gasteiger partial charge in [-0.2, -0.15) is 0 Å². The summed E-state index contributed by atoms with van der Waals surface area (Å²) in [7, 11) is 0. The predicted molar refractivity (Wildman–Crippen MR) is 80.3 cm³/mol. The van der Waals surface area contributed by atoms with E-state index in [4.69, 9.17) is 17.0 Å². The molecule has 1 aliphatic carbocycles. The summed E-state index contributed by atoms with van der Waals surface area (Å²) in [5.74, 6) is 0.898. The van der Waals surface area contributed by atoms with Crippen LogP contribution in [0.15, 0.2) is 30.4 Å². The van der Waals surface area contributed by atoms with Gasteiger partial charge in [0.05, 0.1) is 12.1 Å². The number of nitrogens with zero attached hydrogens (tertiary/aromatic N) is 1. The van der Waals surface area contributed by atoms with Crippen molar-refractivity contribution in [2.24, 2.45) is 0 Å². The van der Waals surface area contributed by atoms with E-state index in [9.17, 15) is 0 Å². The highest BCUT2D eigenvalue weighted by Gasteiger charge is 2.17. The summed E-state index contributed by atoms with van der Waals surface area (Å²) >= 11 is 5.49. The van der Waals surface area contributed by atoms with Gasteiger partial charge in [-0.05, 0) is 43.6 Å². The van der Waals surface area contributed by atoms with Gasteiger partial charge in [-0.3, -0.25) is 0 Å². The molecule has 2 aromatic rings. The molecule has 0 radical (unpaired) electrons. The molecule has 0 bridgehead atoms. The van der Waals surface area contributed by atoms with Crippen LogP contribution in [0.25, 0.3) is 11.0 Å². The van der Waals surface area contributed by atoms with Crippen molar-refractivity contribution in [2.45, 2.75) is 32.2 Å². The Kier molecular flexibility index (Phi) is 3.42. The van der Waals surface area contributed by atoms with E-state index in [-0.39, 0.29) is 0 Å². The first-order valence-electron chi connectivity index (χ1n) is 6.82. The van der Waals surface area contributed by atoms with Crippen LogP contribution in [0.1, 0.15) is 32.2 Å². The lowest BCUT2D eigenvalue weighted by atomic mass is 10.2.